The molecule has 2 aromatic rings. The number of hydrogen-bond donors (Lipinski definition) is 2. The average molecular weight is 279 g/mol. The van der Waals surface area contributed by atoms with E-state index in [1.165, 1.54) is 0 Å². The number of benzene rings is 1. The number of nitrogens with one attached hydrogen (secondary N) is 1. The summed E-state index contributed by atoms with van der Waals surface area (Å²) >= 11 is 6.04. The van der Waals surface area contributed by atoms with E-state index in [2.05, 4.69) is 15.4 Å². The molecule has 1 aromatic heterocycles. The van der Waals surface area contributed by atoms with Gasteiger partial charge in [0.05, 0.1) is 6.61 Å². The van der Waals surface area contributed by atoms with Crippen molar-refractivity contribution in [2.75, 3.05) is 5.43 Å². The number of aryl methyl sites for hydroxylation is 1. The van der Waals surface area contributed by atoms with Crippen LogP contribution in [0.3, 0.4) is 0 Å². The third-order valence-corrected chi connectivity index (χ3v) is 2.86. The van der Waals surface area contributed by atoms with Gasteiger partial charge in [-0.15, -0.1) is 0 Å². The van der Waals surface area contributed by atoms with Crippen molar-refractivity contribution in [1.82, 2.24) is 9.97 Å². The molecule has 6 heteroatoms. The molecule has 1 heterocycles. The average Bonchev–Trinajstić information content (AvgIpc) is 2.40. The Bertz CT molecular complexity index is 562. The molecule has 0 aliphatic rings. The number of hydrogen-bond acceptors (Lipinski definition) is 5. The summed E-state index contributed by atoms with van der Waals surface area (Å²) in [5, 5.41) is 0.692. The van der Waals surface area contributed by atoms with Crippen LogP contribution in [0.2, 0.25) is 5.02 Å². The van der Waals surface area contributed by atoms with Crippen LogP contribution in [-0.2, 0) is 18.0 Å². The Hall–Kier alpha value is -1.69. The van der Waals surface area contributed by atoms with Gasteiger partial charge in [0.2, 0.25) is 0 Å². The number of nitrogen functional groups attached to an aromatic ring is 1. The third-order valence-electron chi connectivity index (χ3n) is 2.49. The lowest BCUT2D eigenvalue weighted by molar-refractivity contribution is 0.102. The predicted octanol–water partition coefficient (Wildman–Crippen LogP) is 2.44. The van der Waals surface area contributed by atoms with E-state index >= 15 is 0 Å². The second kappa shape index (κ2) is 6.47. The molecule has 0 spiro atoms. The Kier molecular flexibility index (Phi) is 4.68. The zero-order valence-corrected chi connectivity index (χ0v) is 11.3. The van der Waals surface area contributed by atoms with Gasteiger partial charge in [-0.1, -0.05) is 29.8 Å². The molecule has 0 radical (unpaired) electrons. The van der Waals surface area contributed by atoms with E-state index in [0.717, 1.165) is 11.3 Å². The molecule has 100 valence electrons. The van der Waals surface area contributed by atoms with Crippen molar-refractivity contribution in [2.24, 2.45) is 5.84 Å². The zero-order chi connectivity index (χ0) is 13.7. The first-order chi connectivity index (χ1) is 9.19. The topological polar surface area (TPSA) is 73.1 Å². The van der Waals surface area contributed by atoms with Gasteiger partial charge in [0.25, 0.3) is 0 Å². The van der Waals surface area contributed by atoms with Crippen LogP contribution in [0.1, 0.15) is 17.1 Å². The molecule has 19 heavy (non-hydrogen) atoms. The molecule has 0 bridgehead atoms. The molecule has 0 atom stereocenters. The van der Waals surface area contributed by atoms with E-state index in [1.807, 2.05) is 31.2 Å². The Balaban J connectivity index is 1.96. The number of hydrazine groups is 1. The molecule has 0 aliphatic heterocycles. The molecular weight excluding hydrogens is 264 g/mol. The van der Waals surface area contributed by atoms with E-state index in [4.69, 9.17) is 22.2 Å². The van der Waals surface area contributed by atoms with E-state index in [1.54, 1.807) is 6.07 Å². The maximum atomic E-state index is 6.04. The van der Waals surface area contributed by atoms with E-state index in [0.29, 0.717) is 29.9 Å². The maximum absolute atomic E-state index is 6.04. The van der Waals surface area contributed by atoms with Gasteiger partial charge in [-0.2, -0.15) is 0 Å². The molecule has 2 rings (SSSR count). The SMILES string of the molecule is Cc1cc(NN)nc(COCc2ccccc2Cl)n1. The summed E-state index contributed by atoms with van der Waals surface area (Å²) < 4.78 is 5.56. The van der Waals surface area contributed by atoms with Gasteiger partial charge in [0, 0.05) is 16.8 Å². The fraction of sp³-hybridized carbons (Fsp3) is 0.231. The van der Waals surface area contributed by atoms with Gasteiger partial charge in [0.1, 0.15) is 12.4 Å². The standard InChI is InChI=1S/C13H15ClN4O/c1-9-6-12(18-15)17-13(16-9)8-19-7-10-4-2-3-5-11(10)14/h2-6H,7-8,15H2,1H3,(H,16,17,18). The third kappa shape index (κ3) is 3.89. The number of nitrogens with two attached hydrogens (primary N) is 1. The first-order valence-corrected chi connectivity index (χ1v) is 6.19. The number of aromatic nitrogens is 2. The van der Waals surface area contributed by atoms with Crippen molar-refractivity contribution in [3.05, 3.63) is 52.4 Å². The van der Waals surface area contributed by atoms with Crippen molar-refractivity contribution in [3.63, 3.8) is 0 Å². The summed E-state index contributed by atoms with van der Waals surface area (Å²) in [6, 6.07) is 9.32. The van der Waals surface area contributed by atoms with E-state index in [-0.39, 0.29) is 0 Å². The summed E-state index contributed by atoms with van der Waals surface area (Å²) in [5.74, 6) is 6.48. The van der Waals surface area contributed by atoms with Crippen LogP contribution >= 0.6 is 11.6 Å². The van der Waals surface area contributed by atoms with E-state index < -0.39 is 0 Å². The number of anilines is 1. The van der Waals surface area contributed by atoms with Crippen molar-refractivity contribution >= 4 is 17.4 Å². The second-order valence-corrected chi connectivity index (χ2v) is 4.45. The van der Waals surface area contributed by atoms with Crippen molar-refractivity contribution in [1.29, 1.82) is 0 Å². The highest BCUT2D eigenvalue weighted by molar-refractivity contribution is 6.31. The predicted molar refractivity (Wildman–Crippen MR) is 74.5 cm³/mol. The second-order valence-electron chi connectivity index (χ2n) is 4.04. The highest BCUT2D eigenvalue weighted by atomic mass is 35.5. The highest BCUT2D eigenvalue weighted by Gasteiger charge is 2.03. The normalized spacial score (nSPS) is 10.5. The van der Waals surface area contributed by atoms with Crippen molar-refractivity contribution in [3.8, 4) is 0 Å². The summed E-state index contributed by atoms with van der Waals surface area (Å²) in [4.78, 5) is 8.47. The lowest BCUT2D eigenvalue weighted by Crippen LogP contribution is -2.11. The van der Waals surface area contributed by atoms with Gasteiger partial charge in [0.15, 0.2) is 5.82 Å². The smallest absolute Gasteiger partial charge is 0.156 e. The molecule has 0 saturated heterocycles. The Morgan fingerprint density at radius 3 is 2.79 bits per heavy atom. The molecular formula is C13H15ClN4O. The number of halogens is 1. The Morgan fingerprint density at radius 1 is 1.26 bits per heavy atom. The van der Waals surface area contributed by atoms with Crippen molar-refractivity contribution in [2.45, 2.75) is 20.1 Å². The zero-order valence-electron chi connectivity index (χ0n) is 10.6. The molecule has 0 fully saturated rings. The molecule has 1 aromatic carbocycles. The van der Waals surface area contributed by atoms with E-state index in [9.17, 15) is 0 Å². The number of ether oxygens (including phenoxy) is 1. The van der Waals surface area contributed by atoms with Crippen LogP contribution in [-0.4, -0.2) is 9.97 Å². The molecule has 0 saturated carbocycles. The van der Waals surface area contributed by atoms with Crippen LogP contribution in [0.25, 0.3) is 0 Å². The van der Waals surface area contributed by atoms with Crippen LogP contribution in [0.15, 0.2) is 30.3 Å². The number of nitrogens with zero attached hydrogens (tertiary/aromatic N) is 2. The summed E-state index contributed by atoms with van der Waals surface area (Å²) in [6.07, 6.45) is 0. The summed E-state index contributed by atoms with van der Waals surface area (Å²) in [5.41, 5.74) is 4.27. The highest BCUT2D eigenvalue weighted by Crippen LogP contribution is 2.16. The quantitative estimate of drug-likeness (QED) is 0.649. The maximum Gasteiger partial charge on any atom is 0.156 e. The van der Waals surface area contributed by atoms with Gasteiger partial charge >= 0.3 is 0 Å². The first-order valence-electron chi connectivity index (χ1n) is 5.81. The van der Waals surface area contributed by atoms with Crippen molar-refractivity contribution < 1.29 is 4.74 Å². The largest absolute Gasteiger partial charge is 0.369 e. The molecule has 0 unspecified atom stereocenters. The Morgan fingerprint density at radius 2 is 2.05 bits per heavy atom. The van der Waals surface area contributed by atoms with Gasteiger partial charge in [-0.05, 0) is 18.6 Å². The fourth-order valence-corrected chi connectivity index (χ4v) is 1.83. The minimum Gasteiger partial charge on any atom is -0.369 e. The molecule has 5 nitrogen and oxygen atoms in total. The van der Waals surface area contributed by atoms with Gasteiger partial charge in [-0.25, -0.2) is 15.8 Å². The van der Waals surface area contributed by atoms with Gasteiger partial charge in [-0.3, -0.25) is 0 Å². The molecule has 3 N–H and O–H groups in total. The minimum absolute atomic E-state index is 0.307. The van der Waals surface area contributed by atoms with Crippen LogP contribution in [0.5, 0.6) is 0 Å². The first kappa shape index (κ1) is 13.7. The lowest BCUT2D eigenvalue weighted by atomic mass is 10.2. The summed E-state index contributed by atoms with van der Waals surface area (Å²) in [6.45, 7) is 2.60. The summed E-state index contributed by atoms with van der Waals surface area (Å²) in [7, 11) is 0. The lowest BCUT2D eigenvalue weighted by Gasteiger charge is -2.07. The number of rotatable bonds is 5. The van der Waals surface area contributed by atoms with Gasteiger partial charge < -0.3 is 10.2 Å². The van der Waals surface area contributed by atoms with Crippen LogP contribution in [0.4, 0.5) is 5.82 Å². The molecule has 0 amide bonds. The monoisotopic (exact) mass is 278 g/mol. The minimum atomic E-state index is 0.307. The molecule has 0 aliphatic carbocycles. The van der Waals surface area contributed by atoms with Crippen LogP contribution in [0, 0.1) is 6.92 Å². The van der Waals surface area contributed by atoms with Crippen LogP contribution < -0.4 is 11.3 Å². The fourth-order valence-electron chi connectivity index (χ4n) is 1.64. The Labute approximate surface area is 116 Å².